The van der Waals surface area contributed by atoms with Gasteiger partial charge < -0.3 is 15.2 Å². The van der Waals surface area contributed by atoms with Gasteiger partial charge in [-0.15, -0.1) is 0 Å². The molecular weight excluding hydrogens is 214 g/mol. The molecule has 0 aliphatic carbocycles. The summed E-state index contributed by atoms with van der Waals surface area (Å²) in [5, 5.41) is 11.6. The Bertz CT molecular complexity index is 178. The Morgan fingerprint density at radius 1 is 1.53 bits per heavy atom. The monoisotopic (exact) mass is 235 g/mol. The minimum atomic E-state index is 0.0229. The maximum atomic E-state index is 11.3. The lowest BCUT2D eigenvalue weighted by Gasteiger charge is -2.13. The second-order valence-corrected chi connectivity index (χ2v) is 4.76. The van der Waals surface area contributed by atoms with Crippen LogP contribution in [0, 0.1) is 5.92 Å². The van der Waals surface area contributed by atoms with Crippen molar-refractivity contribution >= 4 is 17.7 Å². The maximum absolute atomic E-state index is 11.3. The number of hydrogen-bond donors (Lipinski definition) is 2. The van der Waals surface area contributed by atoms with Gasteiger partial charge in [-0.2, -0.15) is 11.8 Å². The number of ether oxygens (including phenoxy) is 1. The number of carbonyl (C=O) groups excluding carboxylic acids is 1. The number of hydrogen-bond acceptors (Lipinski definition) is 4. The fraction of sp³-hybridized carbons (Fsp3) is 0.900. The molecule has 0 saturated carbocycles. The minimum absolute atomic E-state index is 0.0229. The highest BCUT2D eigenvalue weighted by molar-refractivity contribution is 7.99. The number of rotatable bonds is 8. The molecule has 0 radical (unpaired) electrons. The zero-order valence-electron chi connectivity index (χ0n) is 9.66. The Kier molecular flexibility index (Phi) is 8.85. The second-order valence-electron chi connectivity index (χ2n) is 3.73. The van der Waals surface area contributed by atoms with Crippen LogP contribution in [0.1, 0.15) is 13.8 Å². The van der Waals surface area contributed by atoms with Crippen LogP contribution < -0.4 is 5.32 Å². The number of amides is 1. The van der Waals surface area contributed by atoms with Crippen LogP contribution in [0.5, 0.6) is 0 Å². The van der Waals surface area contributed by atoms with Gasteiger partial charge in [0.05, 0.1) is 12.4 Å². The minimum Gasteiger partial charge on any atom is -0.396 e. The van der Waals surface area contributed by atoms with E-state index in [1.807, 2.05) is 13.8 Å². The van der Waals surface area contributed by atoms with Gasteiger partial charge >= 0.3 is 0 Å². The topological polar surface area (TPSA) is 58.6 Å². The molecule has 0 aliphatic heterocycles. The van der Waals surface area contributed by atoms with E-state index in [-0.39, 0.29) is 24.5 Å². The molecule has 0 spiro atoms. The molecule has 0 aromatic rings. The molecule has 2 unspecified atom stereocenters. The van der Waals surface area contributed by atoms with Gasteiger partial charge in [0.2, 0.25) is 5.91 Å². The Balaban J connectivity index is 3.48. The summed E-state index contributed by atoms with van der Waals surface area (Å²) in [6.45, 7) is 4.57. The molecule has 0 saturated heterocycles. The second kappa shape index (κ2) is 9.00. The van der Waals surface area contributed by atoms with Crippen molar-refractivity contribution in [3.8, 4) is 0 Å². The van der Waals surface area contributed by atoms with Crippen molar-refractivity contribution in [3.05, 3.63) is 0 Å². The van der Waals surface area contributed by atoms with Gasteiger partial charge in [0.25, 0.3) is 0 Å². The number of carbonyl (C=O) groups is 1. The smallest absolute Gasteiger partial charge is 0.230 e. The van der Waals surface area contributed by atoms with E-state index < -0.39 is 0 Å². The average molecular weight is 235 g/mol. The molecule has 5 heteroatoms. The molecule has 90 valence electrons. The number of aliphatic hydroxyl groups is 1. The SMILES string of the molecule is COCC(C)NC(=O)CSCC(C)CO. The molecule has 0 fully saturated rings. The van der Waals surface area contributed by atoms with Crippen LogP contribution in [0.15, 0.2) is 0 Å². The van der Waals surface area contributed by atoms with Crippen LogP contribution in [0.25, 0.3) is 0 Å². The van der Waals surface area contributed by atoms with Crippen LogP contribution in [0.2, 0.25) is 0 Å². The number of nitrogens with one attached hydrogen (secondary N) is 1. The van der Waals surface area contributed by atoms with E-state index in [2.05, 4.69) is 5.32 Å². The third kappa shape index (κ3) is 8.72. The summed E-state index contributed by atoms with van der Waals surface area (Å²) in [5.41, 5.74) is 0. The van der Waals surface area contributed by atoms with Crippen molar-refractivity contribution in [2.24, 2.45) is 5.92 Å². The lowest BCUT2D eigenvalue weighted by atomic mass is 10.2. The van der Waals surface area contributed by atoms with Gasteiger partial charge in [0.1, 0.15) is 0 Å². The van der Waals surface area contributed by atoms with Crippen LogP contribution in [-0.4, -0.2) is 48.9 Å². The van der Waals surface area contributed by atoms with Gasteiger partial charge in [-0.25, -0.2) is 0 Å². The van der Waals surface area contributed by atoms with E-state index >= 15 is 0 Å². The third-order valence-electron chi connectivity index (χ3n) is 1.77. The van der Waals surface area contributed by atoms with Crippen LogP contribution >= 0.6 is 11.8 Å². The molecule has 0 bridgehead atoms. The third-order valence-corrected chi connectivity index (χ3v) is 3.04. The normalized spacial score (nSPS) is 14.7. The zero-order chi connectivity index (χ0) is 11.7. The molecular formula is C10H21NO3S. The summed E-state index contributed by atoms with van der Waals surface area (Å²) in [6.07, 6.45) is 0. The van der Waals surface area contributed by atoms with Crippen LogP contribution in [0.3, 0.4) is 0 Å². The molecule has 0 aromatic carbocycles. The lowest BCUT2D eigenvalue weighted by Crippen LogP contribution is -2.36. The molecule has 4 nitrogen and oxygen atoms in total. The van der Waals surface area contributed by atoms with E-state index in [1.165, 1.54) is 0 Å². The average Bonchev–Trinajstić information content (AvgIpc) is 2.17. The first kappa shape index (κ1) is 14.7. The van der Waals surface area contributed by atoms with Crippen molar-refractivity contribution in [1.82, 2.24) is 5.32 Å². The Hall–Kier alpha value is -0.260. The van der Waals surface area contributed by atoms with E-state index in [1.54, 1.807) is 18.9 Å². The van der Waals surface area contributed by atoms with Crippen LogP contribution in [0.4, 0.5) is 0 Å². The first-order chi connectivity index (χ1) is 7.10. The van der Waals surface area contributed by atoms with E-state index in [0.29, 0.717) is 12.4 Å². The molecule has 0 aromatic heterocycles. The molecule has 1 amide bonds. The van der Waals surface area contributed by atoms with Crippen molar-refractivity contribution in [1.29, 1.82) is 0 Å². The van der Waals surface area contributed by atoms with Crippen molar-refractivity contribution in [2.45, 2.75) is 19.9 Å². The summed E-state index contributed by atoms with van der Waals surface area (Å²) < 4.78 is 4.91. The maximum Gasteiger partial charge on any atom is 0.230 e. The van der Waals surface area contributed by atoms with Gasteiger partial charge in [0, 0.05) is 19.8 Å². The molecule has 0 aliphatic rings. The summed E-state index contributed by atoms with van der Waals surface area (Å²) in [7, 11) is 1.61. The predicted molar refractivity (Wildman–Crippen MR) is 63.1 cm³/mol. The Morgan fingerprint density at radius 2 is 2.20 bits per heavy atom. The number of aliphatic hydroxyl groups excluding tert-OH is 1. The molecule has 2 atom stereocenters. The molecule has 0 rings (SSSR count). The van der Waals surface area contributed by atoms with E-state index in [9.17, 15) is 4.79 Å². The van der Waals surface area contributed by atoms with Crippen molar-refractivity contribution in [3.63, 3.8) is 0 Å². The van der Waals surface area contributed by atoms with Gasteiger partial charge in [-0.3, -0.25) is 4.79 Å². The fourth-order valence-electron chi connectivity index (χ4n) is 1.01. The Morgan fingerprint density at radius 3 is 2.73 bits per heavy atom. The van der Waals surface area contributed by atoms with Gasteiger partial charge in [-0.1, -0.05) is 6.92 Å². The molecule has 15 heavy (non-hydrogen) atoms. The largest absolute Gasteiger partial charge is 0.396 e. The highest BCUT2D eigenvalue weighted by Gasteiger charge is 2.07. The van der Waals surface area contributed by atoms with Gasteiger partial charge in [-0.05, 0) is 18.6 Å². The van der Waals surface area contributed by atoms with E-state index in [4.69, 9.17) is 9.84 Å². The summed E-state index contributed by atoms with van der Waals surface area (Å²) in [4.78, 5) is 11.3. The summed E-state index contributed by atoms with van der Waals surface area (Å²) in [6, 6.07) is 0.0540. The highest BCUT2D eigenvalue weighted by Crippen LogP contribution is 2.06. The standard InChI is InChI=1S/C10H21NO3S/c1-8(4-12)6-15-7-10(13)11-9(2)5-14-3/h8-9,12H,4-7H2,1-3H3,(H,11,13). The number of methoxy groups -OCH3 is 1. The lowest BCUT2D eigenvalue weighted by molar-refractivity contribution is -0.119. The van der Waals surface area contributed by atoms with Gasteiger partial charge in [0.15, 0.2) is 0 Å². The van der Waals surface area contributed by atoms with Crippen molar-refractivity contribution < 1.29 is 14.6 Å². The molecule has 0 heterocycles. The molecule has 2 N–H and O–H groups in total. The van der Waals surface area contributed by atoms with E-state index in [0.717, 1.165) is 5.75 Å². The first-order valence-electron chi connectivity index (χ1n) is 5.07. The first-order valence-corrected chi connectivity index (χ1v) is 6.22. The van der Waals surface area contributed by atoms with Crippen LogP contribution in [-0.2, 0) is 9.53 Å². The zero-order valence-corrected chi connectivity index (χ0v) is 10.5. The summed E-state index contributed by atoms with van der Waals surface area (Å²) in [5.74, 6) is 1.52. The highest BCUT2D eigenvalue weighted by atomic mass is 32.2. The fourth-order valence-corrected chi connectivity index (χ4v) is 1.91. The predicted octanol–water partition coefficient (Wildman–Crippen LogP) is 0.499. The van der Waals surface area contributed by atoms with Crippen molar-refractivity contribution in [2.75, 3.05) is 31.8 Å². The number of thioether (sulfide) groups is 1. The Labute approximate surface area is 95.8 Å². The quantitative estimate of drug-likeness (QED) is 0.643. The summed E-state index contributed by atoms with van der Waals surface area (Å²) >= 11 is 1.54.